The van der Waals surface area contributed by atoms with Gasteiger partial charge in [-0.2, -0.15) is 0 Å². The fourth-order valence-electron chi connectivity index (χ4n) is 2.66. The molecular weight excluding hydrogens is 250 g/mol. The number of nitrogens with one attached hydrogen (secondary N) is 2. The van der Waals surface area contributed by atoms with Crippen molar-refractivity contribution in [1.29, 1.82) is 0 Å². The van der Waals surface area contributed by atoms with E-state index in [2.05, 4.69) is 15.5 Å². The Morgan fingerprint density at radius 2 is 1.95 bits per heavy atom. The zero-order valence-electron chi connectivity index (χ0n) is 12.7. The zero-order chi connectivity index (χ0) is 14.5. The van der Waals surface area contributed by atoms with Crippen molar-refractivity contribution in [3.05, 3.63) is 29.3 Å². The van der Waals surface area contributed by atoms with Gasteiger partial charge in [0.1, 0.15) is 0 Å². The van der Waals surface area contributed by atoms with Gasteiger partial charge in [-0.1, -0.05) is 18.2 Å². The smallest absolute Gasteiger partial charge is 0.241 e. The molecule has 110 valence electrons. The highest BCUT2D eigenvalue weighted by Gasteiger charge is 2.22. The molecule has 1 aliphatic rings. The van der Waals surface area contributed by atoms with Crippen LogP contribution in [0, 0.1) is 13.8 Å². The lowest BCUT2D eigenvalue weighted by Gasteiger charge is -2.26. The molecular formula is C16H25N3O. The molecule has 0 unspecified atom stereocenters. The fourth-order valence-corrected chi connectivity index (χ4v) is 2.66. The minimum Gasteiger partial charge on any atom is -0.324 e. The Morgan fingerprint density at radius 3 is 2.65 bits per heavy atom. The van der Waals surface area contributed by atoms with Crippen LogP contribution in [0.4, 0.5) is 5.69 Å². The van der Waals surface area contributed by atoms with Gasteiger partial charge >= 0.3 is 0 Å². The van der Waals surface area contributed by atoms with E-state index in [1.807, 2.05) is 39.0 Å². The first-order chi connectivity index (χ1) is 9.59. The molecule has 1 amide bonds. The predicted octanol–water partition coefficient (Wildman–Crippen LogP) is 1.93. The number of rotatable bonds is 3. The van der Waals surface area contributed by atoms with Gasteiger partial charge < -0.3 is 10.6 Å². The van der Waals surface area contributed by atoms with E-state index in [4.69, 9.17) is 0 Å². The lowest BCUT2D eigenvalue weighted by atomic mass is 10.1. The average Bonchev–Trinajstić information content (AvgIpc) is 2.71. The van der Waals surface area contributed by atoms with Gasteiger partial charge in [0.25, 0.3) is 0 Å². The van der Waals surface area contributed by atoms with Crippen LogP contribution in [-0.4, -0.2) is 43.0 Å². The molecule has 2 rings (SSSR count). The highest BCUT2D eigenvalue weighted by atomic mass is 16.2. The van der Waals surface area contributed by atoms with Crippen molar-refractivity contribution in [2.75, 3.05) is 31.5 Å². The first-order valence-electron chi connectivity index (χ1n) is 7.41. The predicted molar refractivity (Wildman–Crippen MR) is 83.1 cm³/mol. The summed E-state index contributed by atoms with van der Waals surface area (Å²) >= 11 is 0. The van der Waals surface area contributed by atoms with Crippen LogP contribution in [0.3, 0.4) is 0 Å². The first kappa shape index (κ1) is 15.0. The summed E-state index contributed by atoms with van der Waals surface area (Å²) in [6.07, 6.45) is 1.10. The molecule has 4 heteroatoms. The van der Waals surface area contributed by atoms with Gasteiger partial charge in [0.05, 0.1) is 6.04 Å². The van der Waals surface area contributed by atoms with E-state index < -0.39 is 0 Å². The maximum Gasteiger partial charge on any atom is 0.241 e. The third kappa shape index (κ3) is 3.58. The Morgan fingerprint density at radius 1 is 1.25 bits per heavy atom. The van der Waals surface area contributed by atoms with Gasteiger partial charge in [-0.3, -0.25) is 9.69 Å². The summed E-state index contributed by atoms with van der Waals surface area (Å²) in [6, 6.07) is 5.99. The molecule has 1 saturated heterocycles. The Balaban J connectivity index is 2.03. The first-order valence-corrected chi connectivity index (χ1v) is 7.41. The third-order valence-electron chi connectivity index (χ3n) is 4.03. The molecule has 1 aromatic carbocycles. The summed E-state index contributed by atoms with van der Waals surface area (Å²) in [5, 5.41) is 6.46. The molecule has 0 aliphatic carbocycles. The highest BCUT2D eigenvalue weighted by molar-refractivity contribution is 5.95. The molecule has 0 spiro atoms. The summed E-state index contributed by atoms with van der Waals surface area (Å²) in [7, 11) is 0. The number of anilines is 1. The van der Waals surface area contributed by atoms with Crippen molar-refractivity contribution in [1.82, 2.24) is 10.2 Å². The maximum atomic E-state index is 12.5. The van der Waals surface area contributed by atoms with Gasteiger partial charge in [-0.15, -0.1) is 0 Å². The number of para-hydroxylation sites is 1. The second-order valence-corrected chi connectivity index (χ2v) is 5.57. The molecule has 2 N–H and O–H groups in total. The van der Waals surface area contributed by atoms with E-state index in [0.717, 1.165) is 49.4 Å². The van der Waals surface area contributed by atoms with Crippen LogP contribution in [0.5, 0.6) is 0 Å². The van der Waals surface area contributed by atoms with Gasteiger partial charge in [-0.05, 0) is 44.9 Å². The molecule has 0 saturated carbocycles. The van der Waals surface area contributed by atoms with Crippen molar-refractivity contribution in [3.63, 3.8) is 0 Å². The fraction of sp³-hybridized carbons (Fsp3) is 0.562. The van der Waals surface area contributed by atoms with Crippen LogP contribution in [0.1, 0.15) is 24.5 Å². The molecule has 0 aromatic heterocycles. The lowest BCUT2D eigenvalue weighted by molar-refractivity contribution is -0.120. The van der Waals surface area contributed by atoms with E-state index in [9.17, 15) is 4.79 Å². The topological polar surface area (TPSA) is 44.4 Å². The van der Waals surface area contributed by atoms with E-state index >= 15 is 0 Å². The minimum absolute atomic E-state index is 0.0873. The highest BCUT2D eigenvalue weighted by Crippen LogP contribution is 2.20. The number of nitrogens with zero attached hydrogens (tertiary/aromatic N) is 1. The minimum atomic E-state index is -0.0890. The molecule has 0 bridgehead atoms. The number of amides is 1. The zero-order valence-corrected chi connectivity index (χ0v) is 12.7. The Labute approximate surface area is 121 Å². The number of benzene rings is 1. The van der Waals surface area contributed by atoms with Crippen molar-refractivity contribution in [3.8, 4) is 0 Å². The standard InChI is InChI=1S/C16H25N3O/c1-12-6-4-7-13(2)15(12)18-16(20)14(3)19-10-5-8-17-9-11-19/h4,6-7,14,17H,5,8-11H2,1-3H3,(H,18,20)/t14-/m1/s1. The van der Waals surface area contributed by atoms with E-state index in [0.29, 0.717) is 0 Å². The second-order valence-electron chi connectivity index (χ2n) is 5.57. The number of carbonyl (C=O) groups is 1. The van der Waals surface area contributed by atoms with Crippen LogP contribution in [0.25, 0.3) is 0 Å². The summed E-state index contributed by atoms with van der Waals surface area (Å²) in [4.78, 5) is 14.7. The van der Waals surface area contributed by atoms with Crippen LogP contribution >= 0.6 is 0 Å². The van der Waals surface area contributed by atoms with Gasteiger partial charge in [0.15, 0.2) is 0 Å². The molecule has 4 nitrogen and oxygen atoms in total. The molecule has 0 radical (unpaired) electrons. The van der Waals surface area contributed by atoms with Crippen molar-refractivity contribution < 1.29 is 4.79 Å². The van der Waals surface area contributed by atoms with E-state index in [1.54, 1.807) is 0 Å². The summed E-state index contributed by atoms with van der Waals surface area (Å²) in [5.41, 5.74) is 3.18. The number of hydrogen-bond acceptors (Lipinski definition) is 3. The van der Waals surface area contributed by atoms with Crippen LogP contribution in [0.2, 0.25) is 0 Å². The van der Waals surface area contributed by atoms with E-state index in [1.165, 1.54) is 0 Å². The van der Waals surface area contributed by atoms with Crippen LogP contribution < -0.4 is 10.6 Å². The number of aryl methyl sites for hydroxylation is 2. The van der Waals surface area contributed by atoms with Crippen molar-refractivity contribution >= 4 is 11.6 Å². The second kappa shape index (κ2) is 6.86. The molecule has 1 atom stereocenters. The van der Waals surface area contributed by atoms with Crippen LogP contribution in [-0.2, 0) is 4.79 Å². The monoisotopic (exact) mass is 275 g/mol. The Bertz CT molecular complexity index is 445. The van der Waals surface area contributed by atoms with Crippen molar-refractivity contribution in [2.45, 2.75) is 33.2 Å². The molecule has 1 aromatic rings. The summed E-state index contributed by atoms with van der Waals surface area (Å²) in [6.45, 7) is 9.97. The van der Waals surface area contributed by atoms with Crippen molar-refractivity contribution in [2.24, 2.45) is 0 Å². The third-order valence-corrected chi connectivity index (χ3v) is 4.03. The van der Waals surface area contributed by atoms with Gasteiger partial charge in [0, 0.05) is 25.3 Å². The molecule has 20 heavy (non-hydrogen) atoms. The molecule has 1 aliphatic heterocycles. The Kier molecular flexibility index (Phi) is 5.15. The number of carbonyl (C=O) groups excluding carboxylic acids is 1. The quantitative estimate of drug-likeness (QED) is 0.886. The van der Waals surface area contributed by atoms with E-state index in [-0.39, 0.29) is 11.9 Å². The SMILES string of the molecule is Cc1cccc(C)c1NC(=O)[C@@H](C)N1CCCNCC1. The normalized spacial score (nSPS) is 18.4. The van der Waals surface area contributed by atoms with Gasteiger partial charge in [-0.25, -0.2) is 0 Å². The molecule has 1 heterocycles. The summed E-state index contributed by atoms with van der Waals surface area (Å²) < 4.78 is 0. The average molecular weight is 275 g/mol. The van der Waals surface area contributed by atoms with Gasteiger partial charge in [0.2, 0.25) is 5.91 Å². The lowest BCUT2D eigenvalue weighted by Crippen LogP contribution is -2.43. The maximum absolute atomic E-state index is 12.5. The Hall–Kier alpha value is -1.39. The molecule has 1 fully saturated rings. The summed E-state index contributed by atoms with van der Waals surface area (Å²) in [5.74, 6) is 0.0873. The van der Waals surface area contributed by atoms with Crippen LogP contribution in [0.15, 0.2) is 18.2 Å². The largest absolute Gasteiger partial charge is 0.324 e. The number of hydrogen-bond donors (Lipinski definition) is 2.